The fourth-order valence-corrected chi connectivity index (χ4v) is 5.03. The number of hydrogen-bond donors (Lipinski definition) is 2. The third-order valence-electron chi connectivity index (χ3n) is 5.63. The molecule has 140 valence electrons. The summed E-state index contributed by atoms with van der Waals surface area (Å²) in [4.78, 5) is 10.6. The zero-order chi connectivity index (χ0) is 17.8. The van der Waals surface area contributed by atoms with Gasteiger partial charge >= 0.3 is 0 Å². The molecule has 3 atom stereocenters. The molecule has 0 radical (unpaired) electrons. The molecule has 6 heteroatoms. The molecule has 2 heterocycles. The molecule has 2 aliphatic rings. The average molecular weight is 373 g/mol. The molecule has 4 rings (SSSR count). The molecule has 2 aliphatic carbocycles. The molecule has 2 fully saturated rings. The normalized spacial score (nSPS) is 25.0. The Labute approximate surface area is 159 Å². The topological polar surface area (TPSA) is 62.5 Å². The van der Waals surface area contributed by atoms with Gasteiger partial charge in [0.15, 0.2) is 5.96 Å². The molecule has 0 amide bonds. The van der Waals surface area contributed by atoms with E-state index in [1.54, 1.807) is 17.6 Å². The number of fused-ring (bicyclic) bond motifs is 2. The van der Waals surface area contributed by atoms with E-state index < -0.39 is 0 Å². The highest BCUT2D eigenvalue weighted by Gasteiger charge is 2.39. The quantitative estimate of drug-likeness (QED) is 0.574. The van der Waals surface area contributed by atoms with Crippen LogP contribution in [0.15, 0.2) is 34.0 Å². The fourth-order valence-electron chi connectivity index (χ4n) is 4.24. The first-order valence-corrected chi connectivity index (χ1v) is 10.6. The van der Waals surface area contributed by atoms with Crippen molar-refractivity contribution in [1.82, 2.24) is 15.6 Å². The molecule has 2 N–H and O–H groups in total. The van der Waals surface area contributed by atoms with Gasteiger partial charge in [-0.2, -0.15) is 0 Å². The van der Waals surface area contributed by atoms with Crippen LogP contribution < -0.4 is 10.6 Å². The Balaban J connectivity index is 1.37. The van der Waals surface area contributed by atoms with Crippen LogP contribution in [-0.4, -0.2) is 23.5 Å². The second kappa shape index (κ2) is 8.25. The Hall–Kier alpha value is -1.82. The molecule has 5 nitrogen and oxygen atoms in total. The first kappa shape index (κ1) is 17.6. The maximum Gasteiger partial charge on any atom is 0.191 e. The van der Waals surface area contributed by atoms with Crippen LogP contribution in [0.5, 0.6) is 0 Å². The standard InChI is InChI=1S/C20H28N4OS/c1-2-17-12-22-19(26-17)13-23-20(21-8-7-16-4-3-9-25-16)24-18-11-14-5-6-15(18)10-14/h3-4,9,12,14-15,18H,2,5-8,10-11,13H2,1H3,(H2,21,23,24). The third kappa shape index (κ3) is 4.29. The van der Waals surface area contributed by atoms with Crippen molar-refractivity contribution < 1.29 is 4.42 Å². The minimum atomic E-state index is 0.575. The summed E-state index contributed by atoms with van der Waals surface area (Å²) in [5.41, 5.74) is 0. The molecule has 2 bridgehead atoms. The SMILES string of the molecule is CCc1cnc(CN=C(NCCc2ccco2)NC2CC3CCC2C3)s1. The van der Waals surface area contributed by atoms with Gasteiger partial charge < -0.3 is 15.1 Å². The van der Waals surface area contributed by atoms with Gasteiger partial charge in [-0.25, -0.2) is 9.98 Å². The zero-order valence-electron chi connectivity index (χ0n) is 15.4. The fraction of sp³-hybridized carbons (Fsp3) is 0.600. The molecule has 2 aromatic heterocycles. The molecular weight excluding hydrogens is 344 g/mol. The highest BCUT2D eigenvalue weighted by atomic mass is 32.1. The Morgan fingerprint density at radius 2 is 2.35 bits per heavy atom. The Morgan fingerprint density at radius 3 is 3.04 bits per heavy atom. The second-order valence-corrected chi connectivity index (χ2v) is 8.62. The molecule has 0 aliphatic heterocycles. The third-order valence-corrected chi connectivity index (χ3v) is 6.75. The summed E-state index contributed by atoms with van der Waals surface area (Å²) >= 11 is 1.76. The highest BCUT2D eigenvalue weighted by Crippen LogP contribution is 2.44. The summed E-state index contributed by atoms with van der Waals surface area (Å²) < 4.78 is 5.42. The molecule has 26 heavy (non-hydrogen) atoms. The number of thiazole rings is 1. The number of guanidine groups is 1. The van der Waals surface area contributed by atoms with E-state index in [1.807, 2.05) is 18.3 Å². The van der Waals surface area contributed by atoms with Crippen molar-refractivity contribution in [2.75, 3.05) is 6.54 Å². The van der Waals surface area contributed by atoms with E-state index in [2.05, 4.69) is 22.5 Å². The van der Waals surface area contributed by atoms with Gasteiger partial charge in [0.2, 0.25) is 0 Å². The number of aliphatic imine (C=N–C) groups is 1. The van der Waals surface area contributed by atoms with Crippen molar-refractivity contribution in [3.63, 3.8) is 0 Å². The first-order chi connectivity index (χ1) is 12.8. The molecule has 2 aromatic rings. The number of hydrogen-bond acceptors (Lipinski definition) is 4. The van der Waals surface area contributed by atoms with Gasteiger partial charge in [-0.05, 0) is 49.7 Å². The Morgan fingerprint density at radius 1 is 1.38 bits per heavy atom. The summed E-state index contributed by atoms with van der Waals surface area (Å²) in [5, 5.41) is 8.28. The lowest BCUT2D eigenvalue weighted by molar-refractivity contribution is 0.387. The first-order valence-electron chi connectivity index (χ1n) is 9.81. The van der Waals surface area contributed by atoms with Crippen molar-refractivity contribution in [3.8, 4) is 0 Å². The number of nitrogens with one attached hydrogen (secondary N) is 2. The van der Waals surface area contributed by atoms with Gasteiger partial charge in [0.1, 0.15) is 10.8 Å². The van der Waals surface area contributed by atoms with E-state index in [0.717, 1.165) is 47.9 Å². The number of aromatic nitrogens is 1. The van der Waals surface area contributed by atoms with Crippen LogP contribution in [0.25, 0.3) is 0 Å². The van der Waals surface area contributed by atoms with E-state index in [0.29, 0.717) is 12.6 Å². The van der Waals surface area contributed by atoms with Crippen LogP contribution in [0.3, 0.4) is 0 Å². The second-order valence-electron chi connectivity index (χ2n) is 7.42. The van der Waals surface area contributed by atoms with Gasteiger partial charge in [-0.15, -0.1) is 11.3 Å². The van der Waals surface area contributed by atoms with Gasteiger partial charge in [0.05, 0.1) is 12.8 Å². The predicted octanol–water partition coefficient (Wildman–Crippen LogP) is 3.77. The molecule has 3 unspecified atom stereocenters. The van der Waals surface area contributed by atoms with Gasteiger partial charge in [0.25, 0.3) is 0 Å². The van der Waals surface area contributed by atoms with Gasteiger partial charge in [0, 0.05) is 30.1 Å². The van der Waals surface area contributed by atoms with E-state index >= 15 is 0 Å². The van der Waals surface area contributed by atoms with Crippen LogP contribution in [0.1, 0.15) is 48.3 Å². The minimum Gasteiger partial charge on any atom is -0.469 e. The van der Waals surface area contributed by atoms with Crippen LogP contribution >= 0.6 is 11.3 Å². The number of aryl methyl sites for hydroxylation is 1. The van der Waals surface area contributed by atoms with Gasteiger partial charge in [-0.1, -0.05) is 13.3 Å². The summed E-state index contributed by atoms with van der Waals surface area (Å²) in [5.74, 6) is 3.67. The van der Waals surface area contributed by atoms with E-state index in [9.17, 15) is 0 Å². The highest BCUT2D eigenvalue weighted by molar-refractivity contribution is 7.11. The number of nitrogens with zero attached hydrogens (tertiary/aromatic N) is 2. The van der Waals surface area contributed by atoms with E-state index in [1.165, 1.54) is 30.6 Å². The summed E-state index contributed by atoms with van der Waals surface area (Å²) in [6.07, 6.45) is 11.1. The zero-order valence-corrected chi connectivity index (χ0v) is 16.2. The number of furan rings is 1. The molecule has 0 aromatic carbocycles. The Kier molecular flexibility index (Phi) is 5.58. The van der Waals surface area contributed by atoms with Crippen molar-refractivity contribution in [3.05, 3.63) is 40.2 Å². The lowest BCUT2D eigenvalue weighted by Crippen LogP contribution is -2.46. The molecule has 0 saturated heterocycles. The largest absolute Gasteiger partial charge is 0.469 e. The monoisotopic (exact) mass is 372 g/mol. The predicted molar refractivity (Wildman–Crippen MR) is 105 cm³/mol. The van der Waals surface area contributed by atoms with Crippen molar-refractivity contribution in [1.29, 1.82) is 0 Å². The summed E-state index contributed by atoms with van der Waals surface area (Å²) in [6, 6.07) is 4.53. The van der Waals surface area contributed by atoms with Crippen molar-refractivity contribution in [2.45, 2.75) is 58.0 Å². The summed E-state index contributed by atoms with van der Waals surface area (Å²) in [7, 11) is 0. The van der Waals surface area contributed by atoms with Crippen LogP contribution in [0.4, 0.5) is 0 Å². The smallest absolute Gasteiger partial charge is 0.191 e. The average Bonchev–Trinajstić information content (AvgIpc) is 3.44. The Bertz CT molecular complexity index is 724. The van der Waals surface area contributed by atoms with Crippen molar-refractivity contribution in [2.24, 2.45) is 16.8 Å². The molecular formula is C20H28N4OS. The maximum absolute atomic E-state index is 5.42. The maximum atomic E-state index is 5.42. The lowest BCUT2D eigenvalue weighted by Gasteiger charge is -2.25. The van der Waals surface area contributed by atoms with Gasteiger partial charge in [-0.3, -0.25) is 0 Å². The van der Waals surface area contributed by atoms with Crippen LogP contribution in [0, 0.1) is 11.8 Å². The lowest BCUT2D eigenvalue weighted by atomic mass is 9.95. The van der Waals surface area contributed by atoms with E-state index in [-0.39, 0.29) is 0 Å². The number of rotatable bonds is 7. The van der Waals surface area contributed by atoms with Crippen LogP contribution in [-0.2, 0) is 19.4 Å². The summed E-state index contributed by atoms with van der Waals surface area (Å²) in [6.45, 7) is 3.62. The van der Waals surface area contributed by atoms with Crippen molar-refractivity contribution >= 4 is 17.3 Å². The minimum absolute atomic E-state index is 0.575. The van der Waals surface area contributed by atoms with Crippen LogP contribution in [0.2, 0.25) is 0 Å². The van der Waals surface area contributed by atoms with E-state index in [4.69, 9.17) is 9.41 Å². The molecule has 0 spiro atoms. The molecule has 2 saturated carbocycles.